The summed E-state index contributed by atoms with van der Waals surface area (Å²) in [6, 6.07) is 9.65. The Balaban J connectivity index is 1.90. The van der Waals surface area contributed by atoms with Crippen LogP contribution in [0.25, 0.3) is 0 Å². The Morgan fingerprint density at radius 3 is 3.12 bits per heavy atom. The average Bonchev–Trinajstić information content (AvgIpc) is 2.39. The molecule has 3 nitrogen and oxygen atoms in total. The van der Waals surface area contributed by atoms with Crippen LogP contribution < -0.4 is 10.1 Å². The monoisotopic (exact) mass is 246 g/mol. The van der Waals surface area contributed by atoms with E-state index in [1.54, 1.807) is 6.20 Å². The van der Waals surface area contributed by atoms with Gasteiger partial charge in [-0.05, 0) is 29.8 Å². The summed E-state index contributed by atoms with van der Waals surface area (Å²) >= 11 is 5.96. The van der Waals surface area contributed by atoms with Crippen molar-refractivity contribution in [2.75, 3.05) is 11.9 Å². The van der Waals surface area contributed by atoms with Crippen molar-refractivity contribution in [3.63, 3.8) is 0 Å². The Morgan fingerprint density at radius 2 is 2.29 bits per heavy atom. The molecule has 0 saturated carbocycles. The van der Waals surface area contributed by atoms with Crippen LogP contribution in [0.3, 0.4) is 0 Å². The molecule has 0 fully saturated rings. The highest BCUT2D eigenvalue weighted by atomic mass is 35.5. The summed E-state index contributed by atoms with van der Waals surface area (Å²) in [5.41, 5.74) is 2.04. The number of pyridine rings is 1. The van der Waals surface area contributed by atoms with E-state index in [1.807, 2.05) is 36.5 Å². The standard InChI is InChI=1S/C13H11ClN2O/c14-10-3-4-13-11(6-10)16-12(8-17-13)9-2-1-5-15-7-9/h1-7,12,16H,8H2. The lowest BCUT2D eigenvalue weighted by molar-refractivity contribution is 0.286. The van der Waals surface area contributed by atoms with Crippen molar-refractivity contribution in [3.05, 3.63) is 53.3 Å². The van der Waals surface area contributed by atoms with Gasteiger partial charge in [0.1, 0.15) is 12.4 Å². The highest BCUT2D eigenvalue weighted by molar-refractivity contribution is 6.30. The van der Waals surface area contributed by atoms with Crippen LogP contribution >= 0.6 is 11.6 Å². The first kappa shape index (κ1) is 10.4. The number of fused-ring (bicyclic) bond motifs is 1. The minimum atomic E-state index is 0.120. The van der Waals surface area contributed by atoms with E-state index < -0.39 is 0 Å². The zero-order chi connectivity index (χ0) is 11.7. The summed E-state index contributed by atoms with van der Waals surface area (Å²) in [6.45, 7) is 0.598. The molecule has 1 atom stereocenters. The van der Waals surface area contributed by atoms with E-state index in [0.29, 0.717) is 11.6 Å². The van der Waals surface area contributed by atoms with Crippen LogP contribution in [0.4, 0.5) is 5.69 Å². The molecule has 0 aliphatic carbocycles. The molecule has 2 heterocycles. The van der Waals surface area contributed by atoms with Crippen LogP contribution in [0.5, 0.6) is 5.75 Å². The maximum atomic E-state index is 5.96. The number of nitrogens with zero attached hydrogens (tertiary/aromatic N) is 1. The maximum absolute atomic E-state index is 5.96. The summed E-state index contributed by atoms with van der Waals surface area (Å²) in [7, 11) is 0. The quantitative estimate of drug-likeness (QED) is 0.839. The fourth-order valence-electron chi connectivity index (χ4n) is 1.91. The predicted molar refractivity (Wildman–Crippen MR) is 67.5 cm³/mol. The van der Waals surface area contributed by atoms with Gasteiger partial charge in [-0.15, -0.1) is 0 Å². The molecular weight excluding hydrogens is 236 g/mol. The maximum Gasteiger partial charge on any atom is 0.142 e. The van der Waals surface area contributed by atoms with E-state index in [2.05, 4.69) is 10.3 Å². The van der Waals surface area contributed by atoms with Crippen molar-refractivity contribution in [1.29, 1.82) is 0 Å². The molecule has 0 radical (unpaired) electrons. The molecule has 0 amide bonds. The van der Waals surface area contributed by atoms with E-state index in [0.717, 1.165) is 17.0 Å². The van der Waals surface area contributed by atoms with Crippen LogP contribution in [-0.4, -0.2) is 11.6 Å². The minimum Gasteiger partial charge on any atom is -0.489 e. The van der Waals surface area contributed by atoms with Gasteiger partial charge in [0, 0.05) is 17.4 Å². The molecule has 1 aliphatic heterocycles. The zero-order valence-electron chi connectivity index (χ0n) is 9.06. The van der Waals surface area contributed by atoms with Crippen LogP contribution in [0.1, 0.15) is 11.6 Å². The van der Waals surface area contributed by atoms with Gasteiger partial charge in [-0.2, -0.15) is 0 Å². The Bertz CT molecular complexity index is 530. The number of aromatic nitrogens is 1. The largest absolute Gasteiger partial charge is 0.489 e. The predicted octanol–water partition coefficient (Wildman–Crippen LogP) is 3.28. The van der Waals surface area contributed by atoms with Crippen molar-refractivity contribution in [2.24, 2.45) is 0 Å². The third-order valence-corrected chi connectivity index (χ3v) is 3.00. The molecule has 1 aromatic heterocycles. The minimum absolute atomic E-state index is 0.120. The van der Waals surface area contributed by atoms with Gasteiger partial charge in [-0.25, -0.2) is 0 Å². The molecule has 1 aliphatic rings. The van der Waals surface area contributed by atoms with Gasteiger partial charge in [0.05, 0.1) is 11.7 Å². The smallest absolute Gasteiger partial charge is 0.142 e. The van der Waals surface area contributed by atoms with Crippen molar-refractivity contribution in [1.82, 2.24) is 4.98 Å². The number of ether oxygens (including phenoxy) is 1. The number of hydrogen-bond acceptors (Lipinski definition) is 3. The van der Waals surface area contributed by atoms with Crippen molar-refractivity contribution in [2.45, 2.75) is 6.04 Å². The second kappa shape index (κ2) is 4.26. The molecule has 1 aromatic carbocycles. The number of benzene rings is 1. The summed E-state index contributed by atoms with van der Waals surface area (Å²) in [5, 5.41) is 4.11. The average molecular weight is 247 g/mol. The second-order valence-corrected chi connectivity index (χ2v) is 4.37. The lowest BCUT2D eigenvalue weighted by Crippen LogP contribution is -2.23. The fraction of sp³-hybridized carbons (Fsp3) is 0.154. The zero-order valence-corrected chi connectivity index (χ0v) is 9.82. The van der Waals surface area contributed by atoms with E-state index in [1.165, 1.54) is 0 Å². The van der Waals surface area contributed by atoms with Crippen LogP contribution in [0.15, 0.2) is 42.7 Å². The van der Waals surface area contributed by atoms with Gasteiger partial charge in [0.15, 0.2) is 0 Å². The summed E-state index contributed by atoms with van der Waals surface area (Å²) in [4.78, 5) is 4.11. The van der Waals surface area contributed by atoms with E-state index >= 15 is 0 Å². The first-order chi connectivity index (χ1) is 8.33. The SMILES string of the molecule is Clc1ccc2c(c1)NC(c1cccnc1)CO2. The van der Waals surface area contributed by atoms with Gasteiger partial charge in [0.2, 0.25) is 0 Å². The number of nitrogens with one attached hydrogen (secondary N) is 1. The molecule has 0 spiro atoms. The van der Waals surface area contributed by atoms with Gasteiger partial charge in [-0.3, -0.25) is 4.98 Å². The molecule has 17 heavy (non-hydrogen) atoms. The van der Waals surface area contributed by atoms with Gasteiger partial charge in [-0.1, -0.05) is 17.7 Å². The van der Waals surface area contributed by atoms with Crippen molar-refractivity contribution in [3.8, 4) is 5.75 Å². The Hall–Kier alpha value is -1.74. The molecular formula is C13H11ClN2O. The van der Waals surface area contributed by atoms with Gasteiger partial charge >= 0.3 is 0 Å². The van der Waals surface area contributed by atoms with E-state index in [-0.39, 0.29) is 6.04 Å². The highest BCUT2D eigenvalue weighted by Gasteiger charge is 2.20. The molecule has 0 bridgehead atoms. The molecule has 1 N–H and O–H groups in total. The Morgan fingerprint density at radius 1 is 1.35 bits per heavy atom. The Labute approximate surface area is 104 Å². The first-order valence-electron chi connectivity index (χ1n) is 5.42. The fourth-order valence-corrected chi connectivity index (χ4v) is 2.08. The van der Waals surface area contributed by atoms with Crippen molar-refractivity contribution < 1.29 is 4.74 Å². The lowest BCUT2D eigenvalue weighted by Gasteiger charge is -2.27. The summed E-state index contributed by atoms with van der Waals surface area (Å²) < 4.78 is 5.70. The highest BCUT2D eigenvalue weighted by Crippen LogP contribution is 2.35. The topological polar surface area (TPSA) is 34.2 Å². The number of halogens is 1. The van der Waals surface area contributed by atoms with E-state index in [9.17, 15) is 0 Å². The molecule has 3 rings (SSSR count). The van der Waals surface area contributed by atoms with Gasteiger partial charge in [0.25, 0.3) is 0 Å². The normalized spacial score (nSPS) is 17.8. The Kier molecular flexibility index (Phi) is 2.61. The first-order valence-corrected chi connectivity index (χ1v) is 5.79. The molecule has 0 saturated heterocycles. The summed E-state index contributed by atoms with van der Waals surface area (Å²) in [6.07, 6.45) is 3.61. The number of rotatable bonds is 1. The van der Waals surface area contributed by atoms with Crippen molar-refractivity contribution >= 4 is 17.3 Å². The second-order valence-electron chi connectivity index (χ2n) is 3.93. The van der Waals surface area contributed by atoms with Crippen LogP contribution in [0.2, 0.25) is 5.02 Å². The number of anilines is 1. The summed E-state index contributed by atoms with van der Waals surface area (Å²) in [5.74, 6) is 0.842. The number of hydrogen-bond donors (Lipinski definition) is 1. The molecule has 2 aromatic rings. The molecule has 86 valence electrons. The molecule has 1 unspecified atom stereocenters. The van der Waals surface area contributed by atoms with Crippen LogP contribution in [-0.2, 0) is 0 Å². The van der Waals surface area contributed by atoms with Gasteiger partial charge < -0.3 is 10.1 Å². The van der Waals surface area contributed by atoms with E-state index in [4.69, 9.17) is 16.3 Å². The lowest BCUT2D eigenvalue weighted by atomic mass is 10.1. The third-order valence-electron chi connectivity index (χ3n) is 2.76. The molecule has 4 heteroatoms. The third kappa shape index (κ3) is 2.06. The van der Waals surface area contributed by atoms with Crippen LogP contribution in [0, 0.1) is 0 Å².